The second-order valence-electron chi connectivity index (χ2n) is 8.04. The van der Waals surface area contributed by atoms with Gasteiger partial charge in [-0.3, -0.25) is 9.59 Å². The molecule has 1 aliphatic rings. The molecular formula is C26H23N3O4S. The molecule has 172 valence electrons. The van der Waals surface area contributed by atoms with Gasteiger partial charge in [0.25, 0.3) is 5.91 Å². The van der Waals surface area contributed by atoms with Crippen molar-refractivity contribution in [1.29, 1.82) is 0 Å². The predicted molar refractivity (Wildman–Crippen MR) is 132 cm³/mol. The lowest BCUT2D eigenvalue weighted by molar-refractivity contribution is -0.119. The quantitative estimate of drug-likeness (QED) is 0.448. The molecule has 2 amide bonds. The van der Waals surface area contributed by atoms with E-state index in [1.54, 1.807) is 32.2 Å². The molecule has 0 saturated carbocycles. The zero-order chi connectivity index (χ0) is 23.8. The Balaban J connectivity index is 1.55. The summed E-state index contributed by atoms with van der Waals surface area (Å²) in [5, 5.41) is 3.50. The van der Waals surface area contributed by atoms with E-state index in [4.69, 9.17) is 9.47 Å². The number of amides is 2. The van der Waals surface area contributed by atoms with Gasteiger partial charge in [0.15, 0.2) is 5.13 Å². The number of fused-ring (bicyclic) bond motifs is 2. The van der Waals surface area contributed by atoms with Crippen molar-refractivity contribution in [3.63, 3.8) is 0 Å². The van der Waals surface area contributed by atoms with E-state index in [2.05, 4.69) is 10.3 Å². The SMILES string of the molecule is COc1ccc([C@H]2[C@H](C(=O)Nc3nc4ccc(OC)cc4s3)c3ccccc3C(=O)N2C)cc1. The number of methoxy groups -OCH3 is 2. The number of aromatic nitrogens is 1. The van der Waals surface area contributed by atoms with Crippen LogP contribution in [0, 0.1) is 0 Å². The zero-order valence-corrected chi connectivity index (χ0v) is 19.8. The molecule has 1 aromatic heterocycles. The first-order valence-corrected chi connectivity index (χ1v) is 11.6. The summed E-state index contributed by atoms with van der Waals surface area (Å²) in [5.74, 6) is 0.481. The topological polar surface area (TPSA) is 80.8 Å². The second-order valence-corrected chi connectivity index (χ2v) is 9.07. The predicted octanol–water partition coefficient (Wildman–Crippen LogP) is 4.86. The molecule has 8 heteroatoms. The molecule has 4 aromatic rings. The summed E-state index contributed by atoms with van der Waals surface area (Å²) < 4.78 is 11.5. The van der Waals surface area contributed by atoms with Gasteiger partial charge in [0.1, 0.15) is 11.5 Å². The highest BCUT2D eigenvalue weighted by Crippen LogP contribution is 2.43. The number of nitrogens with one attached hydrogen (secondary N) is 1. The van der Waals surface area contributed by atoms with Gasteiger partial charge in [0.2, 0.25) is 5.91 Å². The highest BCUT2D eigenvalue weighted by Gasteiger charge is 2.42. The fraction of sp³-hybridized carbons (Fsp3) is 0.192. The maximum atomic E-state index is 13.8. The summed E-state index contributed by atoms with van der Waals surface area (Å²) in [7, 11) is 4.95. The Bertz CT molecular complexity index is 1380. The monoisotopic (exact) mass is 473 g/mol. The van der Waals surface area contributed by atoms with Crippen LogP contribution in [0.25, 0.3) is 10.2 Å². The van der Waals surface area contributed by atoms with E-state index in [1.807, 2.05) is 60.7 Å². The molecule has 0 spiro atoms. The van der Waals surface area contributed by atoms with Gasteiger partial charge in [-0.25, -0.2) is 4.98 Å². The number of benzene rings is 3. The summed E-state index contributed by atoms with van der Waals surface area (Å²) >= 11 is 1.38. The molecule has 0 radical (unpaired) electrons. The number of thiazole rings is 1. The molecule has 1 N–H and O–H groups in total. The second kappa shape index (κ2) is 8.79. The number of likely N-dealkylation sites (N-methyl/N-ethyl adjacent to an activating group) is 1. The number of anilines is 1. The number of nitrogens with zero attached hydrogens (tertiary/aromatic N) is 2. The molecule has 0 aliphatic carbocycles. The Morgan fingerprint density at radius 1 is 1.00 bits per heavy atom. The summed E-state index contributed by atoms with van der Waals surface area (Å²) in [6, 6.07) is 19.9. The lowest BCUT2D eigenvalue weighted by Crippen LogP contribution is -2.44. The van der Waals surface area contributed by atoms with Gasteiger partial charge in [-0.05, 0) is 47.5 Å². The summed E-state index contributed by atoms with van der Waals surface area (Å²) in [6.07, 6.45) is 0. The highest BCUT2D eigenvalue weighted by molar-refractivity contribution is 7.22. The lowest BCUT2D eigenvalue weighted by Gasteiger charge is -2.39. The lowest BCUT2D eigenvalue weighted by atomic mass is 9.79. The Morgan fingerprint density at radius 3 is 2.44 bits per heavy atom. The van der Waals surface area contributed by atoms with Crippen molar-refractivity contribution in [2.24, 2.45) is 0 Å². The van der Waals surface area contributed by atoms with Crippen LogP contribution in [-0.2, 0) is 4.79 Å². The Morgan fingerprint density at radius 2 is 1.71 bits per heavy atom. The number of rotatable bonds is 5. The first kappa shape index (κ1) is 21.9. The fourth-order valence-electron chi connectivity index (χ4n) is 4.44. The van der Waals surface area contributed by atoms with Gasteiger partial charge in [-0.2, -0.15) is 0 Å². The maximum absolute atomic E-state index is 13.8. The molecule has 2 atom stereocenters. The van der Waals surface area contributed by atoms with Crippen LogP contribution in [0.15, 0.2) is 66.7 Å². The molecule has 0 saturated heterocycles. The summed E-state index contributed by atoms with van der Waals surface area (Å²) in [6.45, 7) is 0. The van der Waals surface area contributed by atoms with E-state index in [0.717, 1.165) is 21.5 Å². The maximum Gasteiger partial charge on any atom is 0.254 e. The first-order chi connectivity index (χ1) is 16.5. The molecule has 2 heterocycles. The van der Waals surface area contributed by atoms with E-state index in [9.17, 15) is 9.59 Å². The fourth-order valence-corrected chi connectivity index (χ4v) is 5.34. The molecule has 0 fully saturated rings. The average molecular weight is 474 g/mol. The smallest absolute Gasteiger partial charge is 0.254 e. The van der Waals surface area contributed by atoms with E-state index in [1.165, 1.54) is 11.3 Å². The third-order valence-corrected chi connectivity index (χ3v) is 7.08. The Labute approximate surface area is 200 Å². The van der Waals surface area contributed by atoms with Crippen molar-refractivity contribution in [1.82, 2.24) is 9.88 Å². The molecule has 5 rings (SSSR count). The van der Waals surface area contributed by atoms with E-state index in [0.29, 0.717) is 22.0 Å². The van der Waals surface area contributed by atoms with Crippen LogP contribution in [0.5, 0.6) is 11.5 Å². The van der Waals surface area contributed by atoms with Crippen molar-refractivity contribution in [3.8, 4) is 11.5 Å². The third-order valence-electron chi connectivity index (χ3n) is 6.15. The van der Waals surface area contributed by atoms with Crippen molar-refractivity contribution in [2.45, 2.75) is 12.0 Å². The Kier molecular flexibility index (Phi) is 5.67. The van der Waals surface area contributed by atoms with Crippen molar-refractivity contribution in [3.05, 3.63) is 83.4 Å². The van der Waals surface area contributed by atoms with Crippen LogP contribution < -0.4 is 14.8 Å². The first-order valence-electron chi connectivity index (χ1n) is 10.8. The van der Waals surface area contributed by atoms with Gasteiger partial charge in [0.05, 0.1) is 36.4 Å². The number of carbonyl (C=O) groups is 2. The van der Waals surface area contributed by atoms with Gasteiger partial charge in [-0.15, -0.1) is 0 Å². The van der Waals surface area contributed by atoms with Crippen LogP contribution in [0.1, 0.15) is 33.4 Å². The molecule has 0 unspecified atom stereocenters. The highest BCUT2D eigenvalue weighted by atomic mass is 32.1. The van der Waals surface area contributed by atoms with Crippen molar-refractivity contribution >= 4 is 38.5 Å². The van der Waals surface area contributed by atoms with Crippen molar-refractivity contribution < 1.29 is 19.1 Å². The zero-order valence-electron chi connectivity index (χ0n) is 18.9. The summed E-state index contributed by atoms with van der Waals surface area (Å²) in [5.41, 5.74) is 2.86. The minimum absolute atomic E-state index is 0.118. The standard InChI is InChI=1S/C26H23N3O4S/c1-29-23(15-8-10-16(32-2)11-9-15)22(18-6-4-5-7-19(18)25(29)31)24(30)28-26-27-20-13-12-17(33-3)14-21(20)34-26/h4-14,22-23H,1-3H3,(H,27,28,30)/t22-,23+/m1/s1. The molecule has 0 bridgehead atoms. The van der Waals surface area contributed by atoms with Gasteiger partial charge >= 0.3 is 0 Å². The van der Waals surface area contributed by atoms with E-state index in [-0.39, 0.29) is 11.8 Å². The van der Waals surface area contributed by atoms with Crippen LogP contribution in [-0.4, -0.2) is 43.0 Å². The number of carbonyl (C=O) groups excluding carboxylic acids is 2. The molecule has 3 aromatic carbocycles. The number of hydrogen-bond donors (Lipinski definition) is 1. The minimum Gasteiger partial charge on any atom is -0.497 e. The van der Waals surface area contributed by atoms with Gasteiger partial charge in [-0.1, -0.05) is 41.7 Å². The van der Waals surface area contributed by atoms with Gasteiger partial charge < -0.3 is 19.7 Å². The number of hydrogen-bond acceptors (Lipinski definition) is 6. The van der Waals surface area contributed by atoms with E-state index >= 15 is 0 Å². The van der Waals surface area contributed by atoms with Crippen molar-refractivity contribution in [2.75, 3.05) is 26.6 Å². The largest absolute Gasteiger partial charge is 0.497 e. The normalized spacial score (nSPS) is 17.4. The summed E-state index contributed by atoms with van der Waals surface area (Å²) in [4.78, 5) is 33.1. The minimum atomic E-state index is -0.617. The molecular weight excluding hydrogens is 450 g/mol. The Hall–Kier alpha value is -3.91. The van der Waals surface area contributed by atoms with Crippen LogP contribution in [0.3, 0.4) is 0 Å². The van der Waals surface area contributed by atoms with Crippen LogP contribution in [0.4, 0.5) is 5.13 Å². The molecule has 7 nitrogen and oxygen atoms in total. The number of ether oxygens (including phenoxy) is 2. The molecule has 34 heavy (non-hydrogen) atoms. The van der Waals surface area contributed by atoms with E-state index < -0.39 is 12.0 Å². The average Bonchev–Trinajstić information content (AvgIpc) is 3.27. The molecule has 1 aliphatic heterocycles. The van der Waals surface area contributed by atoms with Crippen LogP contribution in [0.2, 0.25) is 0 Å². The van der Waals surface area contributed by atoms with Gasteiger partial charge in [0, 0.05) is 12.6 Å². The third kappa shape index (κ3) is 3.76. The van der Waals surface area contributed by atoms with Crippen LogP contribution >= 0.6 is 11.3 Å².